The van der Waals surface area contributed by atoms with Gasteiger partial charge in [0.05, 0.1) is 0 Å². The average molecular weight is 237 g/mol. The largest absolute Gasteiger partial charge is 0.368 e. The molecule has 0 atom stereocenters. The number of aromatic nitrogens is 2. The molecule has 0 bridgehead atoms. The Morgan fingerprint density at radius 3 is 2.06 bits per heavy atom. The Kier molecular flexibility index (Phi) is 3.93. The van der Waals surface area contributed by atoms with Gasteiger partial charge in [0.1, 0.15) is 17.5 Å². The summed E-state index contributed by atoms with van der Waals surface area (Å²) in [6.45, 7) is 12.3. The number of anilines is 2. The highest BCUT2D eigenvalue weighted by Crippen LogP contribution is 2.26. The molecule has 0 aromatic carbocycles. The third-order valence-electron chi connectivity index (χ3n) is 2.38. The van der Waals surface area contributed by atoms with Gasteiger partial charge in [-0.3, -0.25) is 0 Å². The molecule has 0 unspecified atom stereocenters. The molecule has 1 rings (SSSR count). The summed E-state index contributed by atoms with van der Waals surface area (Å²) >= 11 is 0. The third kappa shape index (κ3) is 3.30. The van der Waals surface area contributed by atoms with E-state index in [1.807, 2.05) is 6.92 Å². The lowest BCUT2D eigenvalue weighted by Gasteiger charge is -2.21. The monoisotopic (exact) mass is 237 g/mol. The summed E-state index contributed by atoms with van der Waals surface area (Å²) in [4.78, 5) is 9.02. The van der Waals surface area contributed by atoms with E-state index in [4.69, 9.17) is 5.84 Å². The maximum atomic E-state index is 5.49. The van der Waals surface area contributed by atoms with Crippen LogP contribution in [0.15, 0.2) is 0 Å². The standard InChI is InChI=1S/C12H23N5/c1-7(2)14-9-8(3)10(17-13)16-11(15-9)12(4,5)6/h7H,13H2,1-6H3,(H2,14,15,16,17). The van der Waals surface area contributed by atoms with Crippen LogP contribution < -0.4 is 16.6 Å². The maximum absolute atomic E-state index is 5.49. The minimum atomic E-state index is -0.104. The second-order valence-corrected chi connectivity index (χ2v) is 5.56. The molecule has 5 nitrogen and oxygen atoms in total. The summed E-state index contributed by atoms with van der Waals surface area (Å²) < 4.78 is 0. The zero-order valence-electron chi connectivity index (χ0n) is 11.5. The summed E-state index contributed by atoms with van der Waals surface area (Å²) in [7, 11) is 0. The topological polar surface area (TPSA) is 75.9 Å². The van der Waals surface area contributed by atoms with Crippen LogP contribution in [0, 0.1) is 6.92 Å². The number of nitrogens with two attached hydrogens (primary N) is 1. The summed E-state index contributed by atoms with van der Waals surface area (Å²) in [5.74, 6) is 7.79. The van der Waals surface area contributed by atoms with Gasteiger partial charge in [0.25, 0.3) is 0 Å². The van der Waals surface area contributed by atoms with Gasteiger partial charge < -0.3 is 10.7 Å². The fourth-order valence-electron chi connectivity index (χ4n) is 1.41. The summed E-state index contributed by atoms with van der Waals surface area (Å²) in [6, 6.07) is 0.321. The molecule has 0 aliphatic rings. The molecule has 5 heteroatoms. The Hall–Kier alpha value is -1.36. The van der Waals surface area contributed by atoms with Crippen molar-refractivity contribution in [2.24, 2.45) is 5.84 Å². The van der Waals surface area contributed by atoms with E-state index in [9.17, 15) is 0 Å². The van der Waals surface area contributed by atoms with E-state index in [0.29, 0.717) is 11.9 Å². The first-order valence-corrected chi connectivity index (χ1v) is 5.88. The quantitative estimate of drug-likeness (QED) is 0.555. The highest BCUT2D eigenvalue weighted by Gasteiger charge is 2.21. The number of rotatable bonds is 3. The van der Waals surface area contributed by atoms with Gasteiger partial charge >= 0.3 is 0 Å². The van der Waals surface area contributed by atoms with Crippen LogP contribution in [0.4, 0.5) is 11.6 Å². The Balaban J connectivity index is 3.28. The van der Waals surface area contributed by atoms with Crippen LogP contribution >= 0.6 is 0 Å². The summed E-state index contributed by atoms with van der Waals surface area (Å²) in [5.41, 5.74) is 3.46. The molecule has 0 spiro atoms. The molecule has 96 valence electrons. The molecule has 4 N–H and O–H groups in total. The summed E-state index contributed by atoms with van der Waals surface area (Å²) in [5, 5.41) is 3.31. The number of hydrogen-bond acceptors (Lipinski definition) is 5. The van der Waals surface area contributed by atoms with Crippen LogP contribution in [0.5, 0.6) is 0 Å². The molecular weight excluding hydrogens is 214 g/mol. The lowest BCUT2D eigenvalue weighted by atomic mass is 9.95. The Morgan fingerprint density at radius 2 is 1.65 bits per heavy atom. The van der Waals surface area contributed by atoms with Crippen molar-refractivity contribution in [3.63, 3.8) is 0 Å². The van der Waals surface area contributed by atoms with Crippen molar-refractivity contribution in [1.82, 2.24) is 9.97 Å². The van der Waals surface area contributed by atoms with Crippen LogP contribution in [-0.2, 0) is 5.41 Å². The van der Waals surface area contributed by atoms with Crippen LogP contribution in [0.1, 0.15) is 46.0 Å². The van der Waals surface area contributed by atoms with Crippen molar-refractivity contribution >= 4 is 11.6 Å². The maximum Gasteiger partial charge on any atom is 0.148 e. The normalized spacial score (nSPS) is 11.8. The van der Waals surface area contributed by atoms with E-state index in [-0.39, 0.29) is 5.41 Å². The molecule has 0 aliphatic heterocycles. The van der Waals surface area contributed by atoms with Crippen LogP contribution in [0.25, 0.3) is 0 Å². The van der Waals surface area contributed by atoms with Gasteiger partial charge in [0.2, 0.25) is 0 Å². The molecule has 0 saturated heterocycles. The summed E-state index contributed by atoms with van der Waals surface area (Å²) in [6.07, 6.45) is 0. The lowest BCUT2D eigenvalue weighted by Crippen LogP contribution is -2.22. The van der Waals surface area contributed by atoms with Gasteiger partial charge in [-0.2, -0.15) is 0 Å². The number of hydrazine groups is 1. The molecule has 1 heterocycles. The second kappa shape index (κ2) is 4.87. The van der Waals surface area contributed by atoms with Gasteiger partial charge in [-0.1, -0.05) is 20.8 Å². The molecule has 0 saturated carbocycles. The van der Waals surface area contributed by atoms with Crippen LogP contribution in [0.3, 0.4) is 0 Å². The Labute approximate surface area is 103 Å². The Morgan fingerprint density at radius 1 is 1.12 bits per heavy atom. The molecular formula is C12H23N5. The fourth-order valence-corrected chi connectivity index (χ4v) is 1.41. The predicted octanol–water partition coefficient (Wildman–Crippen LogP) is 2.19. The minimum absolute atomic E-state index is 0.104. The number of hydrogen-bond donors (Lipinski definition) is 3. The van der Waals surface area contributed by atoms with Crippen molar-refractivity contribution in [2.75, 3.05) is 10.7 Å². The van der Waals surface area contributed by atoms with E-state index >= 15 is 0 Å². The predicted molar refractivity (Wildman–Crippen MR) is 72.0 cm³/mol. The molecule has 0 amide bonds. The van der Waals surface area contributed by atoms with Crippen molar-refractivity contribution in [2.45, 2.75) is 53.0 Å². The van der Waals surface area contributed by atoms with E-state index in [2.05, 4.69) is 55.3 Å². The van der Waals surface area contributed by atoms with E-state index in [0.717, 1.165) is 17.2 Å². The number of nitrogens with zero attached hydrogens (tertiary/aromatic N) is 2. The fraction of sp³-hybridized carbons (Fsp3) is 0.667. The van der Waals surface area contributed by atoms with E-state index in [1.54, 1.807) is 0 Å². The SMILES string of the molecule is Cc1c(NN)nc(C(C)(C)C)nc1NC(C)C. The van der Waals surface area contributed by atoms with Gasteiger partial charge in [-0.25, -0.2) is 15.8 Å². The van der Waals surface area contributed by atoms with Crippen molar-refractivity contribution < 1.29 is 0 Å². The number of nitrogen functional groups attached to an aromatic ring is 1. The average Bonchev–Trinajstić information content (AvgIpc) is 2.18. The molecule has 0 fully saturated rings. The lowest BCUT2D eigenvalue weighted by molar-refractivity contribution is 0.545. The molecule has 1 aromatic rings. The molecule has 0 aliphatic carbocycles. The van der Waals surface area contributed by atoms with Gasteiger partial charge in [0.15, 0.2) is 0 Å². The van der Waals surface area contributed by atoms with Crippen molar-refractivity contribution in [1.29, 1.82) is 0 Å². The first-order valence-electron chi connectivity index (χ1n) is 5.88. The molecule has 0 radical (unpaired) electrons. The zero-order valence-corrected chi connectivity index (χ0v) is 11.5. The smallest absolute Gasteiger partial charge is 0.148 e. The van der Waals surface area contributed by atoms with Crippen LogP contribution in [-0.4, -0.2) is 16.0 Å². The number of nitrogens with one attached hydrogen (secondary N) is 2. The van der Waals surface area contributed by atoms with Crippen molar-refractivity contribution in [3.8, 4) is 0 Å². The second-order valence-electron chi connectivity index (χ2n) is 5.56. The Bertz CT molecular complexity index is 393. The molecule has 17 heavy (non-hydrogen) atoms. The van der Waals surface area contributed by atoms with E-state index < -0.39 is 0 Å². The van der Waals surface area contributed by atoms with E-state index in [1.165, 1.54) is 0 Å². The minimum Gasteiger partial charge on any atom is -0.368 e. The van der Waals surface area contributed by atoms with Crippen molar-refractivity contribution in [3.05, 3.63) is 11.4 Å². The first-order chi connectivity index (χ1) is 7.75. The van der Waals surface area contributed by atoms with Crippen LogP contribution in [0.2, 0.25) is 0 Å². The van der Waals surface area contributed by atoms with Gasteiger partial charge in [-0.05, 0) is 20.8 Å². The highest BCUT2D eigenvalue weighted by atomic mass is 15.3. The van der Waals surface area contributed by atoms with Gasteiger partial charge in [0, 0.05) is 17.0 Å². The molecule has 1 aromatic heterocycles. The van der Waals surface area contributed by atoms with Gasteiger partial charge in [-0.15, -0.1) is 0 Å². The third-order valence-corrected chi connectivity index (χ3v) is 2.38. The zero-order chi connectivity index (χ0) is 13.2. The first kappa shape index (κ1) is 13.7. The highest BCUT2D eigenvalue weighted by molar-refractivity contribution is 5.57.